The van der Waals surface area contributed by atoms with Gasteiger partial charge in [-0.2, -0.15) is 0 Å². The Balaban J connectivity index is -0.000000000952. The van der Waals surface area contributed by atoms with Crippen molar-refractivity contribution in [1.82, 2.24) is 0 Å². The van der Waals surface area contributed by atoms with Crippen LogP contribution in [0.15, 0.2) is 0 Å². The number of rotatable bonds is 0. The molecule has 10 heteroatoms. The molecule has 0 aliphatic rings. The summed E-state index contributed by atoms with van der Waals surface area (Å²) in [7, 11) is 0. The van der Waals surface area contributed by atoms with Gasteiger partial charge in [-0.25, -0.2) is 0 Å². The molecule has 0 N–H and O–H groups in total. The van der Waals surface area contributed by atoms with Crippen LogP contribution in [0, 0.1) is 0 Å². The molecule has 0 aromatic rings. The SMILES string of the molecule is [GeH2].[GeH2].[GeH2].[GeH2].[GeH2].[GeH3].[Li+].[O]=[Ge][O-]. The van der Waals surface area contributed by atoms with Crippen LogP contribution < -0.4 is 23.0 Å². The van der Waals surface area contributed by atoms with Crippen LogP contribution in [0.25, 0.3) is 0 Å². The summed E-state index contributed by atoms with van der Waals surface area (Å²) in [6, 6.07) is 0. The second kappa shape index (κ2) is 74.9. The van der Waals surface area contributed by atoms with Crippen LogP contribution in [0.3, 0.4) is 0 Å². The fourth-order valence-corrected chi connectivity index (χ4v) is 0. The summed E-state index contributed by atoms with van der Waals surface area (Å²) in [5.74, 6) is 0. The summed E-state index contributed by atoms with van der Waals surface area (Å²) >= 11 is -2.00. The first kappa shape index (κ1) is 65.7. The van der Waals surface area contributed by atoms with Crippen LogP contribution in [-0.4, -0.2) is 121 Å². The van der Waals surface area contributed by atoms with Crippen LogP contribution in [-0.2, 0) is 3.78 Å². The van der Waals surface area contributed by atoms with E-state index in [0.717, 1.165) is 0 Å². The van der Waals surface area contributed by atoms with Gasteiger partial charge in [0, 0.05) is 0 Å². The maximum absolute atomic E-state index is 8.50. The molecule has 0 heterocycles. The molecule has 0 fully saturated rings. The Morgan fingerprint density at radius 2 is 0.900 bits per heavy atom. The molecule has 0 aromatic heterocycles. The minimum atomic E-state index is -2.00. The zero-order chi connectivity index (χ0) is 2.71. The molecule has 0 bridgehead atoms. The van der Waals surface area contributed by atoms with E-state index in [9.17, 15) is 0 Å². The molecule has 0 atom stereocenters. The van der Waals surface area contributed by atoms with E-state index in [0.29, 0.717) is 0 Å². The van der Waals surface area contributed by atoms with Gasteiger partial charge in [-0.05, 0) is 0 Å². The van der Waals surface area contributed by atoms with Crippen LogP contribution in [0.1, 0.15) is 0 Å². The molecule has 0 saturated carbocycles. The standard InChI is InChI=1S/GeO2.GeH3.5GeH2.Li/c2-1-3;;;;;;;/h;1H3;5*1H2;/q-1;;;;;;;+1. The van der Waals surface area contributed by atoms with Gasteiger partial charge in [0.15, 0.2) is 0 Å². The Bertz CT molecular complexity index is 19.1. The molecule has 0 spiro atoms. The van der Waals surface area contributed by atoms with Crippen molar-refractivity contribution >= 4 is 121 Å². The summed E-state index contributed by atoms with van der Waals surface area (Å²) in [6.07, 6.45) is 0. The zero-order valence-corrected chi connectivity index (χ0v) is 28.0. The third-order valence-electron chi connectivity index (χ3n) is 0. The van der Waals surface area contributed by atoms with Gasteiger partial charge in [-0.3, -0.25) is 0 Å². The average Bonchev–Trinajstić information content (AvgIpc) is 0.918. The van der Waals surface area contributed by atoms with Gasteiger partial charge in [0.05, 0.1) is 0 Å². The molecule has 2 nitrogen and oxygen atoms in total. The van der Waals surface area contributed by atoms with Gasteiger partial charge in [-0.15, -0.1) is 0 Å². The normalized spacial score (nSPS) is 1.20. The predicted molar refractivity (Wildman–Crippen MR) is 59.1 cm³/mol. The summed E-state index contributed by atoms with van der Waals surface area (Å²) in [5.41, 5.74) is 0. The second-order valence-corrected chi connectivity index (χ2v) is 0.433. The van der Waals surface area contributed by atoms with Gasteiger partial charge in [0.25, 0.3) is 0 Å². The molecular formula is H13Ge7LiO2. The fourth-order valence-electron chi connectivity index (χ4n) is 0. The van der Waals surface area contributed by atoms with Crippen molar-refractivity contribution < 1.29 is 26.8 Å². The molecular weight excluding hydrogens is 547 g/mol. The van der Waals surface area contributed by atoms with Crippen molar-refractivity contribution in [3.8, 4) is 0 Å². The Kier molecular flexibility index (Phi) is 492. The van der Waals surface area contributed by atoms with Crippen molar-refractivity contribution in [2.24, 2.45) is 0 Å². The van der Waals surface area contributed by atoms with E-state index in [1.54, 1.807) is 0 Å². The van der Waals surface area contributed by atoms with Gasteiger partial charge >= 0.3 is 148 Å². The monoisotopic (exact) mass is 570 g/mol. The first-order valence-corrected chi connectivity index (χ1v) is 2.12. The number of hydrogen-bond donors (Lipinski definition) is 0. The molecule has 10 heavy (non-hydrogen) atoms. The molecule has 0 aromatic carbocycles. The summed E-state index contributed by atoms with van der Waals surface area (Å²) < 4.78 is 17.0. The summed E-state index contributed by atoms with van der Waals surface area (Å²) in [5, 5.41) is 0. The van der Waals surface area contributed by atoms with Crippen LogP contribution >= 0.6 is 0 Å². The zero-order valence-electron chi connectivity index (χ0n) is 6.85. The van der Waals surface area contributed by atoms with E-state index in [1.165, 1.54) is 0 Å². The molecule has 0 aliphatic heterocycles. The summed E-state index contributed by atoms with van der Waals surface area (Å²) in [6.45, 7) is 0. The van der Waals surface area contributed by atoms with Crippen molar-refractivity contribution in [3.63, 3.8) is 0 Å². The Hall–Kier alpha value is 4.00. The minimum absolute atomic E-state index is 0. The van der Waals surface area contributed by atoms with Gasteiger partial charge < -0.3 is 0 Å². The average molecular weight is 560 g/mol. The topological polar surface area (TPSA) is 40.1 Å². The summed E-state index contributed by atoms with van der Waals surface area (Å²) in [4.78, 5) is 0. The molecule has 0 aliphatic carbocycles. The molecule has 0 unspecified atom stereocenters. The first-order chi connectivity index (χ1) is 1.41. The van der Waals surface area contributed by atoms with E-state index in [4.69, 9.17) is 7.91 Å². The Labute approximate surface area is 145 Å². The molecule has 0 amide bonds. The molecule has 54 valence electrons. The Morgan fingerprint density at radius 1 is 0.900 bits per heavy atom. The van der Waals surface area contributed by atoms with Gasteiger partial charge in [-0.1, -0.05) is 0 Å². The van der Waals surface area contributed by atoms with Crippen molar-refractivity contribution in [2.45, 2.75) is 0 Å². The van der Waals surface area contributed by atoms with E-state index >= 15 is 0 Å². The third kappa shape index (κ3) is 90.8. The van der Waals surface area contributed by atoms with Crippen molar-refractivity contribution in [2.75, 3.05) is 0 Å². The second-order valence-electron chi connectivity index (χ2n) is 0.0833. The Morgan fingerprint density at radius 3 is 0.900 bits per heavy atom. The van der Waals surface area contributed by atoms with Crippen molar-refractivity contribution in [1.29, 1.82) is 0 Å². The third-order valence-corrected chi connectivity index (χ3v) is 0. The van der Waals surface area contributed by atoms with Crippen LogP contribution in [0.2, 0.25) is 0 Å². The molecule has 12 radical (unpaired) electrons. The van der Waals surface area contributed by atoms with Crippen LogP contribution in [0.5, 0.6) is 0 Å². The van der Waals surface area contributed by atoms with Crippen molar-refractivity contribution in [3.05, 3.63) is 0 Å². The van der Waals surface area contributed by atoms with E-state index in [2.05, 4.69) is 0 Å². The van der Waals surface area contributed by atoms with Gasteiger partial charge in [0.1, 0.15) is 0 Å². The molecule has 0 rings (SSSR count). The quantitative estimate of drug-likeness (QED) is 0.277. The van der Waals surface area contributed by atoms with E-state index in [-0.39, 0.29) is 124 Å². The predicted octanol–water partition coefficient (Wildman–Crippen LogP) is -10.4. The fraction of sp³-hybridized carbons (Fsp3) is 0. The van der Waals surface area contributed by atoms with E-state index in [1.807, 2.05) is 0 Å². The number of hydrogen-bond acceptors (Lipinski definition) is 2. The van der Waals surface area contributed by atoms with Crippen LogP contribution in [0.4, 0.5) is 0 Å². The maximum atomic E-state index is 8.50. The first-order valence-electron chi connectivity index (χ1n) is 0.408. The molecule has 0 saturated heterocycles. The van der Waals surface area contributed by atoms with E-state index < -0.39 is 15.7 Å². The van der Waals surface area contributed by atoms with Gasteiger partial charge in [0.2, 0.25) is 0 Å².